The van der Waals surface area contributed by atoms with Gasteiger partial charge < -0.3 is 10.2 Å². The lowest BCUT2D eigenvalue weighted by atomic mass is 10.2. The lowest BCUT2D eigenvalue weighted by molar-refractivity contribution is -0.275. The van der Waals surface area contributed by atoms with E-state index < -0.39 is 5.97 Å². The molecule has 0 saturated carbocycles. The van der Waals surface area contributed by atoms with Crippen molar-refractivity contribution in [3.63, 3.8) is 0 Å². The zero-order chi connectivity index (χ0) is 10.5. The molecule has 0 aliphatic rings. The van der Waals surface area contributed by atoms with Crippen LogP contribution in [-0.4, -0.2) is 11.1 Å². The van der Waals surface area contributed by atoms with Crippen molar-refractivity contribution in [2.24, 2.45) is 0 Å². The fraction of sp³-hybridized carbons (Fsp3) is 0.700. The zero-order valence-electron chi connectivity index (χ0n) is 8.45. The van der Waals surface area contributed by atoms with Gasteiger partial charge in [0.25, 0.3) is 5.97 Å². The Morgan fingerprint density at radius 3 is 2.31 bits per heavy atom. The summed E-state index contributed by atoms with van der Waals surface area (Å²) >= 11 is 0. The predicted octanol–water partition coefficient (Wildman–Crippen LogP) is 1.92. The van der Waals surface area contributed by atoms with Gasteiger partial charge in [0.1, 0.15) is 0 Å². The molecule has 3 nitrogen and oxygen atoms in total. The maximum absolute atomic E-state index is 9.78. The molecule has 0 aliphatic carbocycles. The van der Waals surface area contributed by atoms with Gasteiger partial charge in [-0.2, -0.15) is 6.26 Å². The first-order valence-electron chi connectivity index (χ1n) is 4.61. The first kappa shape index (κ1) is 14.5. The van der Waals surface area contributed by atoms with Crippen molar-refractivity contribution >= 4 is 5.97 Å². The molecule has 0 heterocycles. The molecular formula is C10H19O3-. The fourth-order valence-corrected chi connectivity index (χ4v) is 0.757. The van der Waals surface area contributed by atoms with Gasteiger partial charge >= 0.3 is 0 Å². The molecule has 0 radical (unpaired) electrons. The number of hydrogen-bond acceptors (Lipinski definition) is 2. The number of hydrogen-bond donors (Lipinski definition) is 1. The summed E-state index contributed by atoms with van der Waals surface area (Å²) in [5.74, 6) is -0.833. The summed E-state index contributed by atoms with van der Waals surface area (Å²) < 4.78 is 0. The summed E-state index contributed by atoms with van der Waals surface area (Å²) in [5, 5.41) is 17.2. The monoisotopic (exact) mass is 187 g/mol. The van der Waals surface area contributed by atoms with Crippen molar-refractivity contribution in [1.29, 1.82) is 0 Å². The van der Waals surface area contributed by atoms with Crippen molar-refractivity contribution in [2.45, 2.75) is 46.0 Å². The molecule has 13 heavy (non-hydrogen) atoms. The van der Waals surface area contributed by atoms with Crippen molar-refractivity contribution in [1.82, 2.24) is 0 Å². The second kappa shape index (κ2) is 13.6. The van der Waals surface area contributed by atoms with Crippen LogP contribution >= 0.6 is 0 Å². The van der Waals surface area contributed by atoms with Gasteiger partial charge in [-0.05, 0) is 12.8 Å². The van der Waals surface area contributed by atoms with Crippen molar-refractivity contribution < 1.29 is 15.0 Å². The number of carbonyl (C=O) groups is 1. The van der Waals surface area contributed by atoms with E-state index in [1.54, 1.807) is 6.08 Å². The normalized spacial score (nSPS) is 9.38. The second-order valence-corrected chi connectivity index (χ2v) is 2.74. The van der Waals surface area contributed by atoms with Crippen LogP contribution in [0.1, 0.15) is 46.0 Å². The fourth-order valence-electron chi connectivity index (χ4n) is 0.757. The van der Waals surface area contributed by atoms with E-state index in [0.29, 0.717) is 0 Å². The summed E-state index contributed by atoms with van der Waals surface area (Å²) in [7, 11) is 0. The first-order chi connectivity index (χ1) is 6.15. The summed E-state index contributed by atoms with van der Waals surface area (Å²) in [6.07, 6.45) is 8.53. The van der Waals surface area contributed by atoms with E-state index in [0.717, 1.165) is 19.6 Å². The molecule has 3 heteroatoms. The number of carboxylic acids is 1. The molecule has 0 aromatic rings. The topological polar surface area (TPSA) is 60.4 Å². The van der Waals surface area contributed by atoms with Crippen LogP contribution in [0.4, 0.5) is 0 Å². The number of aliphatic carboxylic acids is 1. The molecule has 1 N–H and O–H groups in total. The molecule has 0 aromatic carbocycles. The Labute approximate surface area is 80.1 Å². The molecule has 0 unspecified atom stereocenters. The lowest BCUT2D eigenvalue weighted by Gasteiger charge is -1.94. The largest absolute Gasteiger partial charge is 0.878 e. The van der Waals surface area contributed by atoms with Gasteiger partial charge in [-0.15, -0.1) is 0 Å². The van der Waals surface area contributed by atoms with E-state index in [1.165, 1.54) is 25.7 Å². The highest BCUT2D eigenvalue weighted by atomic mass is 16.4. The minimum absolute atomic E-state index is 0.833. The highest BCUT2D eigenvalue weighted by Gasteiger charge is 1.81. The van der Waals surface area contributed by atoms with E-state index >= 15 is 0 Å². The Kier molecular flexibility index (Phi) is 15.2. The Hall–Kier alpha value is -0.990. The van der Waals surface area contributed by atoms with Gasteiger partial charge in [-0.25, -0.2) is 0 Å². The molecule has 0 amide bonds. The zero-order valence-corrected chi connectivity index (χ0v) is 8.45. The third-order valence-electron chi connectivity index (χ3n) is 1.32. The van der Waals surface area contributed by atoms with Crippen LogP contribution in [0.25, 0.3) is 0 Å². The van der Waals surface area contributed by atoms with Crippen LogP contribution in [0.15, 0.2) is 12.3 Å². The van der Waals surface area contributed by atoms with Gasteiger partial charge in [0.2, 0.25) is 0 Å². The van der Waals surface area contributed by atoms with Crippen molar-refractivity contribution in [3.8, 4) is 0 Å². The molecule has 0 aromatic heterocycles. The Balaban J connectivity index is 0. The van der Waals surface area contributed by atoms with Gasteiger partial charge in [0.05, 0.1) is 0 Å². The average molecular weight is 187 g/mol. The van der Waals surface area contributed by atoms with E-state index in [-0.39, 0.29) is 0 Å². The molecule has 0 saturated heterocycles. The van der Waals surface area contributed by atoms with Crippen LogP contribution in [-0.2, 0) is 4.79 Å². The maximum Gasteiger partial charge on any atom is 0.300 e. The Morgan fingerprint density at radius 2 is 1.92 bits per heavy atom. The SMILES string of the molecule is CC(=O)O.CCCCCC/C=C/[O-]. The molecule has 0 spiro atoms. The van der Waals surface area contributed by atoms with E-state index in [9.17, 15) is 5.11 Å². The number of allylic oxidation sites excluding steroid dienone is 1. The van der Waals surface area contributed by atoms with Crippen LogP contribution in [0.2, 0.25) is 0 Å². The maximum atomic E-state index is 9.78. The van der Waals surface area contributed by atoms with Crippen molar-refractivity contribution in [3.05, 3.63) is 12.3 Å². The lowest BCUT2D eigenvalue weighted by Crippen LogP contribution is -1.84. The number of carboxylic acid groups (broad SMARTS) is 1. The highest BCUT2D eigenvalue weighted by molar-refractivity contribution is 5.62. The molecule has 0 bridgehead atoms. The Bertz CT molecular complexity index is 126. The van der Waals surface area contributed by atoms with Crippen LogP contribution in [0.3, 0.4) is 0 Å². The van der Waals surface area contributed by atoms with Gasteiger partial charge in [-0.1, -0.05) is 32.3 Å². The predicted molar refractivity (Wildman–Crippen MR) is 51.2 cm³/mol. The summed E-state index contributed by atoms with van der Waals surface area (Å²) in [6.45, 7) is 3.27. The molecule has 0 rings (SSSR count). The quantitative estimate of drug-likeness (QED) is 0.528. The average Bonchev–Trinajstić information content (AvgIpc) is 2.03. The minimum Gasteiger partial charge on any atom is -0.878 e. The van der Waals surface area contributed by atoms with Gasteiger partial charge in [0, 0.05) is 6.92 Å². The standard InChI is InChI=1S/C8H16O.C2H4O2/c1-2-3-4-5-6-7-8-9;1-2(3)4/h7-9H,2-6H2,1H3;1H3,(H,3,4)/p-1/b8-7+;. The van der Waals surface area contributed by atoms with E-state index in [4.69, 9.17) is 9.90 Å². The summed E-state index contributed by atoms with van der Waals surface area (Å²) in [4.78, 5) is 9.00. The smallest absolute Gasteiger partial charge is 0.300 e. The van der Waals surface area contributed by atoms with Crippen molar-refractivity contribution in [2.75, 3.05) is 0 Å². The molecule has 0 aliphatic heterocycles. The second-order valence-electron chi connectivity index (χ2n) is 2.74. The number of unbranched alkanes of at least 4 members (excludes halogenated alkanes) is 4. The van der Waals surface area contributed by atoms with Crippen LogP contribution in [0.5, 0.6) is 0 Å². The van der Waals surface area contributed by atoms with Crippen LogP contribution < -0.4 is 5.11 Å². The van der Waals surface area contributed by atoms with E-state index in [1.807, 2.05) is 0 Å². The number of rotatable bonds is 5. The minimum atomic E-state index is -0.833. The molecule has 0 atom stereocenters. The Morgan fingerprint density at radius 1 is 1.38 bits per heavy atom. The third kappa shape index (κ3) is 35.6. The third-order valence-corrected chi connectivity index (χ3v) is 1.32. The highest BCUT2D eigenvalue weighted by Crippen LogP contribution is 2.01. The summed E-state index contributed by atoms with van der Waals surface area (Å²) in [5.41, 5.74) is 0. The van der Waals surface area contributed by atoms with E-state index in [2.05, 4.69) is 6.92 Å². The van der Waals surface area contributed by atoms with Gasteiger partial charge in [0.15, 0.2) is 0 Å². The molecular weight excluding hydrogens is 168 g/mol. The summed E-state index contributed by atoms with van der Waals surface area (Å²) in [6, 6.07) is 0. The molecule has 78 valence electrons. The van der Waals surface area contributed by atoms with Gasteiger partial charge in [-0.3, -0.25) is 4.79 Å². The van der Waals surface area contributed by atoms with Crippen LogP contribution in [0, 0.1) is 0 Å². The molecule has 0 fully saturated rings. The first-order valence-corrected chi connectivity index (χ1v) is 4.61.